The summed E-state index contributed by atoms with van der Waals surface area (Å²) >= 11 is 0. The lowest BCUT2D eigenvalue weighted by Crippen LogP contribution is -2.30. The normalized spacial score (nSPS) is 11.9. The third-order valence-electron chi connectivity index (χ3n) is 7.51. The Hall–Kier alpha value is -4.24. The molecule has 0 N–H and O–H groups in total. The summed E-state index contributed by atoms with van der Waals surface area (Å²) < 4.78 is 23.7. The second-order valence-electron chi connectivity index (χ2n) is 11.2. The molecular formula is C35H31FNO+. The maximum atomic E-state index is 15.0. The van der Waals surface area contributed by atoms with Gasteiger partial charge in [-0.15, -0.1) is 0 Å². The Morgan fingerprint density at radius 1 is 0.711 bits per heavy atom. The van der Waals surface area contributed by atoms with E-state index in [2.05, 4.69) is 92.9 Å². The standard InChI is InChI=1S/C35H31FNO/c1-22-9-18-28-30-21-27(36)20-29(33(30)38-34(28)32(22)31-8-6-7-19-37(31)5)25-12-10-23(11-13-25)24-14-16-26(17-15-24)35(2,3)4/h6-21H,1-5H3/q+1. The van der Waals surface area contributed by atoms with Crippen LogP contribution in [0.25, 0.3) is 55.4 Å². The zero-order valence-electron chi connectivity index (χ0n) is 22.5. The molecule has 0 bridgehead atoms. The Labute approximate surface area is 223 Å². The fourth-order valence-corrected chi connectivity index (χ4v) is 5.33. The molecule has 2 aromatic heterocycles. The van der Waals surface area contributed by atoms with Gasteiger partial charge in [0, 0.05) is 28.5 Å². The summed E-state index contributed by atoms with van der Waals surface area (Å²) in [6.07, 6.45) is 2.03. The molecule has 0 aliphatic rings. The maximum Gasteiger partial charge on any atom is 0.216 e. The van der Waals surface area contributed by atoms with Crippen molar-refractivity contribution in [3.05, 3.63) is 114 Å². The van der Waals surface area contributed by atoms with Crippen LogP contribution in [0.3, 0.4) is 0 Å². The monoisotopic (exact) mass is 500 g/mol. The number of rotatable bonds is 3. The van der Waals surface area contributed by atoms with E-state index in [1.165, 1.54) is 5.56 Å². The van der Waals surface area contributed by atoms with E-state index in [4.69, 9.17) is 4.42 Å². The SMILES string of the molecule is Cc1ccc2c(oc3c(-c4ccc(-c5ccc(C(C)(C)C)cc5)cc4)cc(F)cc32)c1-c1cccc[n+]1C. The molecule has 0 spiro atoms. The van der Waals surface area contributed by atoms with Gasteiger partial charge in [0.05, 0.1) is 5.56 Å². The molecule has 0 unspecified atom stereocenters. The molecule has 0 amide bonds. The lowest BCUT2D eigenvalue weighted by atomic mass is 9.86. The molecular weight excluding hydrogens is 469 g/mol. The van der Waals surface area contributed by atoms with Crippen LogP contribution < -0.4 is 4.57 Å². The summed E-state index contributed by atoms with van der Waals surface area (Å²) in [7, 11) is 2.03. The number of pyridine rings is 1. The highest BCUT2D eigenvalue weighted by Crippen LogP contribution is 2.41. The van der Waals surface area contributed by atoms with E-state index in [1.54, 1.807) is 12.1 Å². The second-order valence-corrected chi connectivity index (χ2v) is 11.2. The van der Waals surface area contributed by atoms with Gasteiger partial charge in [-0.25, -0.2) is 8.96 Å². The fourth-order valence-electron chi connectivity index (χ4n) is 5.33. The molecule has 6 rings (SSSR count). The van der Waals surface area contributed by atoms with Crippen molar-refractivity contribution in [2.75, 3.05) is 0 Å². The van der Waals surface area contributed by atoms with Crippen molar-refractivity contribution >= 4 is 21.9 Å². The minimum atomic E-state index is -0.274. The maximum absolute atomic E-state index is 15.0. The summed E-state index contributed by atoms with van der Waals surface area (Å²) in [4.78, 5) is 0. The number of aryl methyl sites for hydroxylation is 2. The molecule has 2 heterocycles. The molecule has 0 aliphatic carbocycles. The molecule has 0 saturated heterocycles. The lowest BCUT2D eigenvalue weighted by Gasteiger charge is -2.19. The number of hydrogen-bond acceptors (Lipinski definition) is 1. The summed E-state index contributed by atoms with van der Waals surface area (Å²) in [6.45, 7) is 8.75. The van der Waals surface area contributed by atoms with Gasteiger partial charge in [0.25, 0.3) is 0 Å². The van der Waals surface area contributed by atoms with Gasteiger partial charge < -0.3 is 4.42 Å². The molecule has 4 aromatic carbocycles. The number of nitrogens with zero attached hydrogens (tertiary/aromatic N) is 1. The predicted octanol–water partition coefficient (Wildman–Crippen LogP) is 9.16. The summed E-state index contributed by atoms with van der Waals surface area (Å²) in [5.74, 6) is -0.274. The minimum Gasteiger partial charge on any atom is -0.454 e. The van der Waals surface area contributed by atoms with Crippen LogP contribution in [0.1, 0.15) is 31.9 Å². The third kappa shape index (κ3) is 4.09. The average molecular weight is 501 g/mol. The average Bonchev–Trinajstić information content (AvgIpc) is 3.27. The molecule has 2 nitrogen and oxygen atoms in total. The first-order chi connectivity index (χ1) is 18.2. The topological polar surface area (TPSA) is 17.0 Å². The van der Waals surface area contributed by atoms with Crippen molar-refractivity contribution < 1.29 is 13.4 Å². The van der Waals surface area contributed by atoms with Crippen molar-refractivity contribution in [3.8, 4) is 33.5 Å². The van der Waals surface area contributed by atoms with Crippen LogP contribution >= 0.6 is 0 Å². The molecule has 0 aliphatic heterocycles. The highest BCUT2D eigenvalue weighted by Gasteiger charge is 2.22. The second kappa shape index (κ2) is 8.95. The van der Waals surface area contributed by atoms with E-state index in [-0.39, 0.29) is 11.2 Å². The fraction of sp³-hybridized carbons (Fsp3) is 0.171. The van der Waals surface area contributed by atoms with Gasteiger partial charge in [0.1, 0.15) is 24.0 Å². The Morgan fingerprint density at radius 2 is 1.37 bits per heavy atom. The lowest BCUT2D eigenvalue weighted by molar-refractivity contribution is -0.660. The quantitative estimate of drug-likeness (QED) is 0.221. The summed E-state index contributed by atoms with van der Waals surface area (Å²) in [6, 6.07) is 30.4. The van der Waals surface area contributed by atoms with Crippen molar-refractivity contribution in [1.29, 1.82) is 0 Å². The first-order valence-corrected chi connectivity index (χ1v) is 13.0. The van der Waals surface area contributed by atoms with Crippen molar-refractivity contribution in [1.82, 2.24) is 0 Å². The first-order valence-electron chi connectivity index (χ1n) is 13.0. The van der Waals surface area contributed by atoms with Crippen LogP contribution in [-0.2, 0) is 12.5 Å². The van der Waals surface area contributed by atoms with E-state index in [9.17, 15) is 4.39 Å². The smallest absolute Gasteiger partial charge is 0.216 e. The van der Waals surface area contributed by atoms with E-state index in [0.29, 0.717) is 5.58 Å². The summed E-state index contributed by atoms with van der Waals surface area (Å²) in [5.41, 5.74) is 10.1. The zero-order valence-corrected chi connectivity index (χ0v) is 22.5. The van der Waals surface area contributed by atoms with Crippen LogP contribution in [0.15, 0.2) is 102 Å². The van der Waals surface area contributed by atoms with E-state index in [1.807, 2.05) is 31.4 Å². The highest BCUT2D eigenvalue weighted by molar-refractivity contribution is 6.13. The van der Waals surface area contributed by atoms with E-state index >= 15 is 0 Å². The highest BCUT2D eigenvalue weighted by atomic mass is 19.1. The molecule has 188 valence electrons. The number of aromatic nitrogens is 1. The van der Waals surface area contributed by atoms with Gasteiger partial charge in [-0.05, 0) is 58.4 Å². The first kappa shape index (κ1) is 24.1. The molecule has 0 fully saturated rings. The number of furan rings is 1. The number of hydrogen-bond donors (Lipinski definition) is 0. The minimum absolute atomic E-state index is 0.119. The van der Waals surface area contributed by atoms with Crippen LogP contribution in [0, 0.1) is 12.7 Å². The predicted molar refractivity (Wildman–Crippen MR) is 155 cm³/mol. The molecule has 0 atom stereocenters. The Bertz CT molecular complexity index is 1800. The molecule has 38 heavy (non-hydrogen) atoms. The van der Waals surface area contributed by atoms with Gasteiger partial charge in [-0.2, -0.15) is 0 Å². The number of benzene rings is 4. The Morgan fingerprint density at radius 3 is 2.03 bits per heavy atom. The molecule has 0 saturated carbocycles. The van der Waals surface area contributed by atoms with Crippen molar-refractivity contribution in [3.63, 3.8) is 0 Å². The van der Waals surface area contributed by atoms with E-state index < -0.39 is 0 Å². The van der Waals surface area contributed by atoms with Crippen LogP contribution in [0.5, 0.6) is 0 Å². The van der Waals surface area contributed by atoms with Gasteiger partial charge in [-0.1, -0.05) is 81.4 Å². The van der Waals surface area contributed by atoms with Gasteiger partial charge in [0.2, 0.25) is 5.69 Å². The van der Waals surface area contributed by atoms with Crippen molar-refractivity contribution in [2.24, 2.45) is 7.05 Å². The molecule has 0 radical (unpaired) electrons. The summed E-state index contributed by atoms with van der Waals surface area (Å²) in [5, 5.41) is 1.71. The van der Waals surface area contributed by atoms with Crippen LogP contribution in [-0.4, -0.2) is 0 Å². The van der Waals surface area contributed by atoms with Crippen LogP contribution in [0.4, 0.5) is 4.39 Å². The van der Waals surface area contributed by atoms with Gasteiger partial charge in [-0.3, -0.25) is 0 Å². The largest absolute Gasteiger partial charge is 0.454 e. The zero-order chi connectivity index (χ0) is 26.6. The third-order valence-corrected chi connectivity index (χ3v) is 7.51. The van der Waals surface area contributed by atoms with Crippen LogP contribution in [0.2, 0.25) is 0 Å². The Balaban J connectivity index is 1.48. The van der Waals surface area contributed by atoms with Gasteiger partial charge >= 0.3 is 0 Å². The Kier molecular flexibility index (Phi) is 5.68. The number of fused-ring (bicyclic) bond motifs is 3. The van der Waals surface area contributed by atoms with Crippen molar-refractivity contribution in [2.45, 2.75) is 33.1 Å². The number of halogens is 1. The van der Waals surface area contributed by atoms with Gasteiger partial charge in [0.15, 0.2) is 6.20 Å². The van der Waals surface area contributed by atoms with E-state index in [0.717, 1.165) is 55.4 Å². The molecule has 3 heteroatoms. The molecule has 6 aromatic rings.